The van der Waals surface area contributed by atoms with Gasteiger partial charge in [-0.3, -0.25) is 4.79 Å². The molecule has 2 fully saturated rings. The van der Waals surface area contributed by atoms with Gasteiger partial charge in [0.1, 0.15) is 5.75 Å². The number of nitrogens with zero attached hydrogens (tertiary/aromatic N) is 2. The van der Waals surface area contributed by atoms with Crippen molar-refractivity contribution in [3.63, 3.8) is 0 Å². The van der Waals surface area contributed by atoms with Crippen LogP contribution in [0.1, 0.15) is 38.5 Å². The van der Waals surface area contributed by atoms with E-state index in [0.717, 1.165) is 18.8 Å². The highest BCUT2D eigenvalue weighted by Gasteiger charge is 2.27. The average molecular weight is 331 g/mol. The average Bonchev–Trinajstić information content (AvgIpc) is 2.63. The summed E-state index contributed by atoms with van der Waals surface area (Å²) in [6, 6.07) is 7.39. The number of carbonyl (C=O) groups excluding carboxylic acids is 1. The molecule has 1 heterocycles. The smallest absolute Gasteiger partial charge is 0.224 e. The van der Waals surface area contributed by atoms with Crippen molar-refractivity contribution in [1.29, 1.82) is 0 Å². The Hall–Kier alpha value is -1.75. The molecular formula is C19H29N3O2. The fourth-order valence-corrected chi connectivity index (χ4v) is 3.99. The first-order chi connectivity index (χ1) is 11.6. The predicted molar refractivity (Wildman–Crippen MR) is 96.1 cm³/mol. The normalized spacial score (nSPS) is 20.9. The van der Waals surface area contributed by atoms with Gasteiger partial charge in [-0.1, -0.05) is 31.4 Å². The molecule has 1 aliphatic carbocycles. The Balaban J connectivity index is 1.49. The third-order valence-corrected chi connectivity index (χ3v) is 5.52. The van der Waals surface area contributed by atoms with Gasteiger partial charge in [0, 0.05) is 38.6 Å². The van der Waals surface area contributed by atoms with Gasteiger partial charge in [-0.15, -0.1) is 0 Å². The number of para-hydroxylation sites is 2. The number of amides is 1. The molecule has 24 heavy (non-hydrogen) atoms. The lowest BCUT2D eigenvalue weighted by atomic mass is 9.83. The molecule has 0 bridgehead atoms. The number of carbonyl (C=O) groups is 1. The molecule has 5 heteroatoms. The summed E-state index contributed by atoms with van der Waals surface area (Å²) < 4.78 is 0. The zero-order valence-electron chi connectivity index (χ0n) is 14.4. The molecule has 1 aromatic carbocycles. The molecule has 1 aliphatic heterocycles. The highest BCUT2D eigenvalue weighted by molar-refractivity contribution is 5.77. The van der Waals surface area contributed by atoms with E-state index in [-0.39, 0.29) is 11.9 Å². The minimum absolute atomic E-state index is 0.00833. The number of anilines is 1. The first kappa shape index (κ1) is 17.1. The van der Waals surface area contributed by atoms with Crippen LogP contribution in [0.25, 0.3) is 0 Å². The summed E-state index contributed by atoms with van der Waals surface area (Å²) in [6.07, 6.45) is 6.65. The molecule has 0 spiro atoms. The first-order valence-electron chi connectivity index (χ1n) is 9.21. The lowest BCUT2D eigenvalue weighted by molar-refractivity contribution is -0.132. The number of hydrogen-bond acceptors (Lipinski definition) is 4. The van der Waals surface area contributed by atoms with Crippen LogP contribution in [0.4, 0.5) is 5.69 Å². The molecule has 1 atom stereocenters. The van der Waals surface area contributed by atoms with Gasteiger partial charge in [0.05, 0.1) is 5.69 Å². The van der Waals surface area contributed by atoms with Crippen LogP contribution in [0.2, 0.25) is 0 Å². The SMILES string of the molecule is NC(CC(=O)N1CCN(c2ccccc2O)CC1)C1CCCCC1. The lowest BCUT2D eigenvalue weighted by Gasteiger charge is -2.37. The molecule has 1 unspecified atom stereocenters. The van der Waals surface area contributed by atoms with Crippen molar-refractivity contribution < 1.29 is 9.90 Å². The van der Waals surface area contributed by atoms with Gasteiger partial charge < -0.3 is 20.6 Å². The second-order valence-corrected chi connectivity index (χ2v) is 7.12. The lowest BCUT2D eigenvalue weighted by Crippen LogP contribution is -2.50. The van der Waals surface area contributed by atoms with Crippen LogP contribution in [0.15, 0.2) is 24.3 Å². The standard InChI is InChI=1S/C19H29N3O2/c20-16(15-6-2-1-3-7-15)14-19(24)22-12-10-21(11-13-22)17-8-4-5-9-18(17)23/h4-5,8-9,15-16,23H,1-3,6-7,10-14,20H2. The maximum absolute atomic E-state index is 12.5. The number of hydrogen-bond donors (Lipinski definition) is 2. The molecule has 3 rings (SSSR count). The van der Waals surface area contributed by atoms with Crippen LogP contribution in [0, 0.1) is 5.92 Å². The molecule has 0 aromatic heterocycles. The summed E-state index contributed by atoms with van der Waals surface area (Å²) in [4.78, 5) is 16.6. The van der Waals surface area contributed by atoms with E-state index in [4.69, 9.17) is 5.73 Å². The van der Waals surface area contributed by atoms with Crippen molar-refractivity contribution in [3.8, 4) is 5.75 Å². The number of aromatic hydroxyl groups is 1. The fourth-order valence-electron chi connectivity index (χ4n) is 3.99. The van der Waals surface area contributed by atoms with E-state index in [0.29, 0.717) is 31.2 Å². The minimum Gasteiger partial charge on any atom is -0.506 e. The van der Waals surface area contributed by atoms with Crippen LogP contribution < -0.4 is 10.6 Å². The van der Waals surface area contributed by atoms with Crippen LogP contribution in [-0.2, 0) is 4.79 Å². The van der Waals surface area contributed by atoms with E-state index in [2.05, 4.69) is 4.90 Å². The van der Waals surface area contributed by atoms with E-state index in [1.807, 2.05) is 23.1 Å². The van der Waals surface area contributed by atoms with Gasteiger partial charge in [-0.25, -0.2) is 0 Å². The highest BCUT2D eigenvalue weighted by Crippen LogP contribution is 2.28. The zero-order chi connectivity index (χ0) is 16.9. The third-order valence-electron chi connectivity index (χ3n) is 5.52. The van der Waals surface area contributed by atoms with Gasteiger partial charge in [-0.05, 0) is 30.9 Å². The third kappa shape index (κ3) is 4.01. The van der Waals surface area contributed by atoms with Crippen molar-refractivity contribution in [2.45, 2.75) is 44.6 Å². The Morgan fingerprint density at radius 3 is 2.46 bits per heavy atom. The van der Waals surface area contributed by atoms with Crippen LogP contribution in [0.5, 0.6) is 5.75 Å². The van der Waals surface area contributed by atoms with Crippen molar-refractivity contribution in [1.82, 2.24) is 4.90 Å². The molecule has 2 aliphatic rings. The van der Waals surface area contributed by atoms with Crippen molar-refractivity contribution in [3.05, 3.63) is 24.3 Å². The second-order valence-electron chi connectivity index (χ2n) is 7.12. The Morgan fingerprint density at radius 2 is 1.79 bits per heavy atom. The van der Waals surface area contributed by atoms with Crippen LogP contribution >= 0.6 is 0 Å². The highest BCUT2D eigenvalue weighted by atomic mass is 16.3. The summed E-state index contributed by atoms with van der Waals surface area (Å²) in [5.41, 5.74) is 7.15. The summed E-state index contributed by atoms with van der Waals surface area (Å²) in [6.45, 7) is 2.90. The van der Waals surface area contributed by atoms with E-state index < -0.39 is 0 Å². The van der Waals surface area contributed by atoms with Gasteiger partial charge in [0.15, 0.2) is 0 Å². The van der Waals surface area contributed by atoms with Crippen molar-refractivity contribution in [2.24, 2.45) is 11.7 Å². The van der Waals surface area contributed by atoms with E-state index in [1.165, 1.54) is 32.1 Å². The Morgan fingerprint density at radius 1 is 1.12 bits per heavy atom. The number of phenols is 1. The molecule has 1 amide bonds. The molecule has 5 nitrogen and oxygen atoms in total. The molecule has 0 radical (unpaired) electrons. The maximum atomic E-state index is 12.5. The molecule has 3 N–H and O–H groups in total. The van der Waals surface area contributed by atoms with Crippen molar-refractivity contribution >= 4 is 11.6 Å². The Kier molecular flexibility index (Phi) is 5.61. The van der Waals surface area contributed by atoms with E-state index >= 15 is 0 Å². The van der Waals surface area contributed by atoms with Gasteiger partial charge in [-0.2, -0.15) is 0 Å². The molecule has 132 valence electrons. The van der Waals surface area contributed by atoms with Crippen molar-refractivity contribution in [2.75, 3.05) is 31.1 Å². The summed E-state index contributed by atoms with van der Waals surface area (Å²) in [5, 5.41) is 9.96. The monoisotopic (exact) mass is 331 g/mol. The molecule has 1 aromatic rings. The van der Waals surface area contributed by atoms with Gasteiger partial charge in [0.2, 0.25) is 5.91 Å². The maximum Gasteiger partial charge on any atom is 0.224 e. The minimum atomic E-state index is 0.00833. The second kappa shape index (κ2) is 7.88. The first-order valence-corrected chi connectivity index (χ1v) is 9.21. The van der Waals surface area contributed by atoms with Crippen LogP contribution in [-0.4, -0.2) is 48.1 Å². The number of nitrogens with two attached hydrogens (primary N) is 1. The van der Waals surface area contributed by atoms with Gasteiger partial charge in [0.25, 0.3) is 0 Å². The molecular weight excluding hydrogens is 302 g/mol. The number of benzene rings is 1. The topological polar surface area (TPSA) is 69.8 Å². The Labute approximate surface area is 144 Å². The van der Waals surface area contributed by atoms with E-state index in [1.54, 1.807) is 6.07 Å². The predicted octanol–water partition coefficient (Wildman–Crippen LogP) is 2.34. The van der Waals surface area contributed by atoms with Crippen LogP contribution in [0.3, 0.4) is 0 Å². The summed E-state index contributed by atoms with van der Waals surface area (Å²) in [7, 11) is 0. The van der Waals surface area contributed by atoms with Gasteiger partial charge >= 0.3 is 0 Å². The Bertz CT molecular complexity index is 549. The number of piperazine rings is 1. The molecule has 1 saturated carbocycles. The quantitative estimate of drug-likeness (QED) is 0.888. The van der Waals surface area contributed by atoms with E-state index in [9.17, 15) is 9.90 Å². The fraction of sp³-hybridized carbons (Fsp3) is 0.632. The summed E-state index contributed by atoms with van der Waals surface area (Å²) in [5.74, 6) is 1.01. The largest absolute Gasteiger partial charge is 0.506 e. The molecule has 1 saturated heterocycles. The number of rotatable bonds is 4. The summed E-state index contributed by atoms with van der Waals surface area (Å²) >= 11 is 0. The zero-order valence-corrected chi connectivity index (χ0v) is 14.4. The number of phenolic OH excluding ortho intramolecular Hbond substituents is 1.